The molecule has 2 heterocycles. The Morgan fingerprint density at radius 1 is 0.971 bits per heavy atom. The van der Waals surface area contributed by atoms with Gasteiger partial charge in [0.1, 0.15) is 11.5 Å². The Labute approximate surface area is 210 Å². The Morgan fingerprint density at radius 3 is 2.40 bits per heavy atom. The zero-order chi connectivity index (χ0) is 24.4. The van der Waals surface area contributed by atoms with E-state index in [1.54, 1.807) is 29.2 Å². The molecule has 0 unspecified atom stereocenters. The van der Waals surface area contributed by atoms with E-state index in [1.165, 1.54) is 23.9 Å². The SMILES string of the molecule is O=C(O)c1cc(-c2ccc(/C=C3\SC(=Nc4ccccc4)N(c4ccccc4)C3=O)o2)ccc1Cl. The molecule has 0 radical (unpaired) electrons. The molecule has 6 nitrogen and oxygen atoms in total. The van der Waals surface area contributed by atoms with E-state index >= 15 is 0 Å². The maximum Gasteiger partial charge on any atom is 0.337 e. The lowest BCUT2D eigenvalue weighted by Crippen LogP contribution is -2.28. The van der Waals surface area contributed by atoms with Crippen LogP contribution >= 0.6 is 23.4 Å². The van der Waals surface area contributed by atoms with Crippen LogP contribution in [0.15, 0.2) is 105 Å². The summed E-state index contributed by atoms with van der Waals surface area (Å²) < 4.78 is 5.91. The minimum absolute atomic E-state index is 0.0118. The second-order valence-electron chi connectivity index (χ2n) is 7.52. The van der Waals surface area contributed by atoms with E-state index in [-0.39, 0.29) is 16.5 Å². The third-order valence-electron chi connectivity index (χ3n) is 5.18. The Balaban J connectivity index is 1.49. The van der Waals surface area contributed by atoms with Crippen LogP contribution in [0.5, 0.6) is 0 Å². The van der Waals surface area contributed by atoms with Crippen molar-refractivity contribution in [3.05, 3.63) is 112 Å². The lowest BCUT2D eigenvalue weighted by atomic mass is 10.1. The molecule has 1 amide bonds. The van der Waals surface area contributed by atoms with Crippen LogP contribution in [0.25, 0.3) is 17.4 Å². The number of carboxylic acid groups (broad SMARTS) is 1. The molecular formula is C27H17ClN2O4S. The molecule has 0 bridgehead atoms. The summed E-state index contributed by atoms with van der Waals surface area (Å²) >= 11 is 7.23. The molecular weight excluding hydrogens is 484 g/mol. The van der Waals surface area contributed by atoms with Gasteiger partial charge in [-0.25, -0.2) is 9.79 Å². The van der Waals surface area contributed by atoms with Crippen molar-refractivity contribution in [3.63, 3.8) is 0 Å². The van der Waals surface area contributed by atoms with Crippen LogP contribution in [0.3, 0.4) is 0 Å². The van der Waals surface area contributed by atoms with Crippen molar-refractivity contribution < 1.29 is 19.1 Å². The molecule has 0 aliphatic carbocycles. The molecule has 1 saturated heterocycles. The van der Waals surface area contributed by atoms with E-state index in [0.29, 0.717) is 32.8 Å². The molecule has 35 heavy (non-hydrogen) atoms. The predicted octanol–water partition coefficient (Wildman–Crippen LogP) is 7.11. The van der Waals surface area contributed by atoms with Gasteiger partial charge in [0.2, 0.25) is 0 Å². The van der Waals surface area contributed by atoms with Crippen molar-refractivity contribution in [2.45, 2.75) is 0 Å². The van der Waals surface area contributed by atoms with Gasteiger partial charge in [0.25, 0.3) is 5.91 Å². The number of hydrogen-bond donors (Lipinski definition) is 1. The average Bonchev–Trinajstić information content (AvgIpc) is 3.45. The first-order chi connectivity index (χ1) is 17.0. The summed E-state index contributed by atoms with van der Waals surface area (Å²) in [5.74, 6) is -0.417. The number of amidine groups is 1. The molecule has 3 aromatic carbocycles. The first-order valence-corrected chi connectivity index (χ1v) is 11.7. The summed E-state index contributed by atoms with van der Waals surface area (Å²) in [6, 6.07) is 26.9. The molecule has 172 valence electrons. The minimum Gasteiger partial charge on any atom is -0.478 e. The van der Waals surface area contributed by atoms with Gasteiger partial charge in [-0.05, 0) is 66.4 Å². The lowest BCUT2D eigenvalue weighted by molar-refractivity contribution is -0.113. The first-order valence-electron chi connectivity index (χ1n) is 10.6. The Morgan fingerprint density at radius 2 is 1.69 bits per heavy atom. The molecule has 1 aliphatic rings. The second kappa shape index (κ2) is 9.66. The fourth-order valence-corrected chi connectivity index (χ4v) is 4.70. The quantitative estimate of drug-likeness (QED) is 0.295. The Hall–Kier alpha value is -4.07. The first kappa shape index (κ1) is 22.7. The summed E-state index contributed by atoms with van der Waals surface area (Å²) in [7, 11) is 0. The molecule has 0 spiro atoms. The highest BCUT2D eigenvalue weighted by Gasteiger charge is 2.35. The van der Waals surface area contributed by atoms with Crippen LogP contribution in [0.1, 0.15) is 16.1 Å². The van der Waals surface area contributed by atoms with Crippen LogP contribution in [-0.2, 0) is 4.79 Å². The molecule has 8 heteroatoms. The smallest absolute Gasteiger partial charge is 0.337 e. The Bertz CT molecular complexity index is 1480. The van der Waals surface area contributed by atoms with E-state index in [4.69, 9.17) is 21.0 Å². The maximum atomic E-state index is 13.4. The Kier molecular flexibility index (Phi) is 6.27. The summed E-state index contributed by atoms with van der Waals surface area (Å²) in [5.41, 5.74) is 2.01. The number of hydrogen-bond acceptors (Lipinski definition) is 5. The van der Waals surface area contributed by atoms with Crippen molar-refractivity contribution in [2.75, 3.05) is 4.90 Å². The van der Waals surface area contributed by atoms with Crippen LogP contribution in [0.4, 0.5) is 11.4 Å². The number of aromatic carboxylic acids is 1. The highest BCUT2D eigenvalue weighted by molar-refractivity contribution is 8.19. The monoisotopic (exact) mass is 500 g/mol. The van der Waals surface area contributed by atoms with E-state index in [0.717, 1.165) is 5.69 Å². The molecule has 1 aliphatic heterocycles. The van der Waals surface area contributed by atoms with Gasteiger partial charge >= 0.3 is 5.97 Å². The largest absolute Gasteiger partial charge is 0.478 e. The third kappa shape index (κ3) is 4.77. The van der Waals surface area contributed by atoms with Crippen LogP contribution in [-0.4, -0.2) is 22.2 Å². The summed E-state index contributed by atoms with van der Waals surface area (Å²) in [4.78, 5) is 31.5. The fourth-order valence-electron chi connectivity index (χ4n) is 3.52. The molecule has 0 saturated carbocycles. The summed E-state index contributed by atoms with van der Waals surface area (Å²) in [6.45, 7) is 0. The number of amides is 1. The van der Waals surface area contributed by atoms with Gasteiger partial charge in [-0.2, -0.15) is 0 Å². The van der Waals surface area contributed by atoms with Gasteiger partial charge in [0.15, 0.2) is 5.17 Å². The van der Waals surface area contributed by atoms with Crippen molar-refractivity contribution in [3.8, 4) is 11.3 Å². The molecule has 5 rings (SSSR count). The van der Waals surface area contributed by atoms with Crippen molar-refractivity contribution >= 4 is 57.9 Å². The topological polar surface area (TPSA) is 83.1 Å². The van der Waals surface area contributed by atoms with Gasteiger partial charge in [0.05, 0.1) is 26.9 Å². The number of para-hydroxylation sites is 2. The van der Waals surface area contributed by atoms with Crippen LogP contribution < -0.4 is 4.90 Å². The van der Waals surface area contributed by atoms with Gasteiger partial charge in [-0.1, -0.05) is 48.0 Å². The van der Waals surface area contributed by atoms with Crippen molar-refractivity contribution in [2.24, 2.45) is 4.99 Å². The van der Waals surface area contributed by atoms with Gasteiger partial charge in [0, 0.05) is 11.6 Å². The number of thioether (sulfide) groups is 1. The number of furan rings is 1. The van der Waals surface area contributed by atoms with Crippen LogP contribution in [0.2, 0.25) is 5.02 Å². The molecule has 1 aromatic heterocycles. The maximum absolute atomic E-state index is 13.4. The molecule has 1 fully saturated rings. The van der Waals surface area contributed by atoms with Gasteiger partial charge in [-0.15, -0.1) is 0 Å². The van der Waals surface area contributed by atoms with E-state index in [2.05, 4.69) is 0 Å². The number of carbonyl (C=O) groups is 2. The molecule has 0 atom stereocenters. The standard InChI is InChI=1S/C27H17ClN2O4S/c28-22-13-11-17(15-21(22)26(32)33)23-14-12-20(34-23)16-24-25(31)30(19-9-5-2-6-10-19)27(35-24)29-18-7-3-1-4-8-18/h1-16H,(H,32,33)/b24-16-,29-27?. The number of halogens is 1. The number of carbonyl (C=O) groups excluding carboxylic acids is 1. The predicted molar refractivity (Wildman–Crippen MR) is 139 cm³/mol. The minimum atomic E-state index is -1.12. The fraction of sp³-hybridized carbons (Fsp3) is 0. The van der Waals surface area contributed by atoms with E-state index in [9.17, 15) is 14.7 Å². The molecule has 1 N–H and O–H groups in total. The zero-order valence-corrected chi connectivity index (χ0v) is 19.7. The second-order valence-corrected chi connectivity index (χ2v) is 8.93. The lowest BCUT2D eigenvalue weighted by Gasteiger charge is -2.15. The highest BCUT2D eigenvalue weighted by Crippen LogP contribution is 2.38. The molecule has 4 aromatic rings. The van der Waals surface area contributed by atoms with E-state index < -0.39 is 5.97 Å². The number of rotatable bonds is 5. The van der Waals surface area contributed by atoms with Crippen LogP contribution in [0, 0.1) is 0 Å². The third-order valence-corrected chi connectivity index (χ3v) is 6.48. The number of anilines is 1. The normalized spacial score (nSPS) is 15.8. The zero-order valence-electron chi connectivity index (χ0n) is 18.1. The highest BCUT2D eigenvalue weighted by atomic mass is 35.5. The summed E-state index contributed by atoms with van der Waals surface area (Å²) in [5, 5.41) is 10.0. The average molecular weight is 501 g/mol. The van der Waals surface area contributed by atoms with Crippen molar-refractivity contribution in [1.82, 2.24) is 0 Å². The van der Waals surface area contributed by atoms with Gasteiger partial charge < -0.3 is 9.52 Å². The van der Waals surface area contributed by atoms with Gasteiger partial charge in [-0.3, -0.25) is 9.69 Å². The van der Waals surface area contributed by atoms with E-state index in [1.807, 2.05) is 60.7 Å². The van der Waals surface area contributed by atoms with Crippen molar-refractivity contribution in [1.29, 1.82) is 0 Å². The number of benzene rings is 3. The number of nitrogens with zero attached hydrogens (tertiary/aromatic N) is 2. The number of aliphatic imine (C=N–C) groups is 1. The number of carboxylic acids is 1. The summed E-state index contributed by atoms with van der Waals surface area (Å²) in [6.07, 6.45) is 1.66.